The maximum absolute atomic E-state index is 5.75. The number of hydrogen-bond acceptors (Lipinski definition) is 4. The number of nitrogens with zero attached hydrogens (tertiary/aromatic N) is 2. The van der Waals surface area contributed by atoms with Crippen molar-refractivity contribution in [2.75, 3.05) is 18.0 Å². The summed E-state index contributed by atoms with van der Waals surface area (Å²) in [6, 6.07) is 0. The molecule has 1 aromatic rings. The monoisotopic (exact) mass is 183 g/mol. The van der Waals surface area contributed by atoms with Gasteiger partial charge >= 0.3 is 0 Å². The molecule has 5 heteroatoms. The highest BCUT2D eigenvalue weighted by Gasteiger charge is 2.22. The van der Waals surface area contributed by atoms with Crippen molar-refractivity contribution in [2.45, 2.75) is 25.8 Å². The summed E-state index contributed by atoms with van der Waals surface area (Å²) >= 11 is 0. The fourth-order valence-corrected chi connectivity index (χ4v) is 1.31. The number of hydrogen-bond donors (Lipinski definition) is 3. The van der Waals surface area contributed by atoms with Crippen LogP contribution in [0.4, 0.5) is 11.5 Å². The van der Waals surface area contributed by atoms with Crippen LogP contribution in [0.25, 0.3) is 0 Å². The molecule has 0 aromatic carbocycles. The van der Waals surface area contributed by atoms with Gasteiger partial charge in [0.1, 0.15) is 5.82 Å². The van der Waals surface area contributed by atoms with Gasteiger partial charge in [-0.05, 0) is 26.8 Å². The Kier molecular flexibility index (Phi) is 2.47. The molecule has 0 radical (unpaired) electrons. The molecule has 1 aromatic heterocycles. The summed E-state index contributed by atoms with van der Waals surface area (Å²) in [7, 11) is 0. The lowest BCUT2D eigenvalue weighted by Gasteiger charge is -2.25. The lowest BCUT2D eigenvalue weighted by molar-refractivity contribution is 0.305. The van der Waals surface area contributed by atoms with E-state index in [-0.39, 0.29) is 5.54 Å². The second-order valence-corrected chi connectivity index (χ2v) is 3.75. The first-order valence-corrected chi connectivity index (χ1v) is 4.28. The molecule has 0 atom stereocenters. The van der Waals surface area contributed by atoms with Gasteiger partial charge < -0.3 is 17.2 Å². The topological polar surface area (TPSA) is 95.9 Å². The lowest BCUT2D eigenvalue weighted by atomic mass is 10.0. The molecule has 0 aliphatic heterocycles. The van der Waals surface area contributed by atoms with Crippen molar-refractivity contribution in [3.63, 3.8) is 0 Å². The van der Waals surface area contributed by atoms with Gasteiger partial charge in [-0.15, -0.1) is 0 Å². The molecule has 0 fully saturated rings. The molecular weight excluding hydrogens is 166 g/mol. The third-order valence-electron chi connectivity index (χ3n) is 2.17. The Balaban J connectivity index is 2.99. The third-order valence-corrected chi connectivity index (χ3v) is 2.17. The second-order valence-electron chi connectivity index (χ2n) is 3.75. The summed E-state index contributed by atoms with van der Waals surface area (Å²) in [5, 5.41) is 4.12. The standard InChI is InChI=1S/C8H17N5/c1-8(2,3-4-9)13-7(11)6(10)5-12-13/h5H,3-4,9-11H2,1-2H3. The molecule has 74 valence electrons. The zero-order valence-corrected chi connectivity index (χ0v) is 8.12. The molecule has 0 saturated carbocycles. The van der Waals surface area contributed by atoms with Crippen molar-refractivity contribution >= 4 is 11.5 Å². The van der Waals surface area contributed by atoms with Crippen LogP contribution in [0.2, 0.25) is 0 Å². The highest BCUT2D eigenvalue weighted by molar-refractivity contribution is 5.57. The minimum Gasteiger partial charge on any atom is -0.394 e. The number of rotatable bonds is 3. The Bertz CT molecular complexity index is 289. The Hall–Kier alpha value is -1.23. The summed E-state index contributed by atoms with van der Waals surface area (Å²) in [5.74, 6) is 0.512. The number of nitrogens with two attached hydrogens (primary N) is 3. The predicted molar refractivity (Wildman–Crippen MR) is 54.0 cm³/mol. The third kappa shape index (κ3) is 1.75. The average Bonchev–Trinajstić information content (AvgIpc) is 2.33. The zero-order valence-electron chi connectivity index (χ0n) is 8.12. The Morgan fingerprint density at radius 1 is 1.46 bits per heavy atom. The number of nitrogen functional groups attached to an aromatic ring is 2. The van der Waals surface area contributed by atoms with E-state index < -0.39 is 0 Å². The van der Waals surface area contributed by atoms with Gasteiger partial charge in [0, 0.05) is 0 Å². The molecule has 13 heavy (non-hydrogen) atoms. The molecule has 0 bridgehead atoms. The van der Waals surface area contributed by atoms with E-state index in [1.807, 2.05) is 13.8 Å². The summed E-state index contributed by atoms with van der Waals surface area (Å²) in [6.45, 7) is 4.66. The zero-order chi connectivity index (χ0) is 10.1. The molecule has 1 heterocycles. The summed E-state index contributed by atoms with van der Waals surface area (Å²) in [6.07, 6.45) is 2.38. The van der Waals surface area contributed by atoms with Crippen LogP contribution in [0.15, 0.2) is 6.20 Å². The molecule has 0 unspecified atom stereocenters. The molecule has 0 aliphatic rings. The van der Waals surface area contributed by atoms with Gasteiger partial charge in [-0.25, -0.2) is 4.68 Å². The van der Waals surface area contributed by atoms with Gasteiger partial charge in [0.05, 0.1) is 17.4 Å². The largest absolute Gasteiger partial charge is 0.394 e. The van der Waals surface area contributed by atoms with Crippen LogP contribution in [-0.4, -0.2) is 16.3 Å². The first-order valence-electron chi connectivity index (χ1n) is 4.28. The van der Waals surface area contributed by atoms with Crippen molar-refractivity contribution in [3.05, 3.63) is 6.20 Å². The molecule has 6 N–H and O–H groups in total. The van der Waals surface area contributed by atoms with Crippen LogP contribution in [0.3, 0.4) is 0 Å². The molecular formula is C8H17N5. The SMILES string of the molecule is CC(C)(CCN)n1ncc(N)c1N. The summed E-state index contributed by atoms with van der Waals surface area (Å²) in [5.41, 5.74) is 17.2. The maximum Gasteiger partial charge on any atom is 0.145 e. The second kappa shape index (κ2) is 3.26. The number of aromatic nitrogens is 2. The van der Waals surface area contributed by atoms with E-state index in [0.29, 0.717) is 18.1 Å². The fourth-order valence-electron chi connectivity index (χ4n) is 1.31. The van der Waals surface area contributed by atoms with Gasteiger partial charge in [-0.1, -0.05) is 0 Å². The van der Waals surface area contributed by atoms with Crippen LogP contribution in [-0.2, 0) is 5.54 Å². The van der Waals surface area contributed by atoms with Crippen molar-refractivity contribution in [1.29, 1.82) is 0 Å². The predicted octanol–water partition coefficient (Wildman–Crippen LogP) is 0.131. The minimum atomic E-state index is -0.170. The maximum atomic E-state index is 5.75. The Morgan fingerprint density at radius 2 is 2.08 bits per heavy atom. The van der Waals surface area contributed by atoms with Gasteiger partial charge in [0.15, 0.2) is 0 Å². The van der Waals surface area contributed by atoms with E-state index >= 15 is 0 Å². The first kappa shape index (κ1) is 9.85. The van der Waals surface area contributed by atoms with Gasteiger partial charge in [0.25, 0.3) is 0 Å². The van der Waals surface area contributed by atoms with Crippen molar-refractivity contribution in [2.24, 2.45) is 5.73 Å². The fraction of sp³-hybridized carbons (Fsp3) is 0.625. The van der Waals surface area contributed by atoms with E-state index in [9.17, 15) is 0 Å². The smallest absolute Gasteiger partial charge is 0.145 e. The van der Waals surface area contributed by atoms with Gasteiger partial charge in [-0.2, -0.15) is 5.10 Å². The van der Waals surface area contributed by atoms with Crippen LogP contribution in [0, 0.1) is 0 Å². The first-order chi connectivity index (χ1) is 5.99. The molecule has 0 spiro atoms. The highest BCUT2D eigenvalue weighted by Crippen LogP contribution is 2.24. The van der Waals surface area contributed by atoms with Crippen molar-refractivity contribution in [3.8, 4) is 0 Å². The van der Waals surface area contributed by atoms with Crippen LogP contribution < -0.4 is 17.2 Å². The van der Waals surface area contributed by atoms with Gasteiger partial charge in [0.2, 0.25) is 0 Å². The van der Waals surface area contributed by atoms with E-state index in [1.165, 1.54) is 0 Å². The van der Waals surface area contributed by atoms with Crippen molar-refractivity contribution in [1.82, 2.24) is 9.78 Å². The lowest BCUT2D eigenvalue weighted by Crippen LogP contribution is -2.31. The quantitative estimate of drug-likeness (QED) is 0.620. The minimum absolute atomic E-state index is 0.170. The Morgan fingerprint density at radius 3 is 2.46 bits per heavy atom. The molecule has 5 nitrogen and oxygen atoms in total. The molecule has 1 rings (SSSR count). The van der Waals surface area contributed by atoms with E-state index in [2.05, 4.69) is 5.10 Å². The average molecular weight is 183 g/mol. The van der Waals surface area contributed by atoms with Crippen LogP contribution in [0.1, 0.15) is 20.3 Å². The summed E-state index contributed by atoms with van der Waals surface area (Å²) < 4.78 is 1.72. The van der Waals surface area contributed by atoms with Crippen LogP contribution >= 0.6 is 0 Å². The van der Waals surface area contributed by atoms with E-state index in [4.69, 9.17) is 17.2 Å². The van der Waals surface area contributed by atoms with E-state index in [1.54, 1.807) is 10.9 Å². The highest BCUT2D eigenvalue weighted by atomic mass is 15.3. The Labute approximate surface area is 77.9 Å². The normalized spacial score (nSPS) is 11.9. The molecule has 0 amide bonds. The molecule has 0 aliphatic carbocycles. The van der Waals surface area contributed by atoms with Crippen molar-refractivity contribution < 1.29 is 0 Å². The van der Waals surface area contributed by atoms with E-state index in [0.717, 1.165) is 6.42 Å². The number of anilines is 2. The summed E-state index contributed by atoms with van der Waals surface area (Å²) in [4.78, 5) is 0. The van der Waals surface area contributed by atoms with Gasteiger partial charge in [-0.3, -0.25) is 0 Å². The van der Waals surface area contributed by atoms with Crippen LogP contribution in [0.5, 0.6) is 0 Å². The molecule has 0 saturated heterocycles.